The van der Waals surface area contributed by atoms with Crippen LogP contribution >= 0.6 is 12.2 Å². The molecule has 0 radical (unpaired) electrons. The summed E-state index contributed by atoms with van der Waals surface area (Å²) < 4.78 is 14.4. The maximum Gasteiger partial charge on any atom is 0.130 e. The van der Waals surface area contributed by atoms with Crippen LogP contribution in [0.3, 0.4) is 0 Å². The molecule has 0 bridgehead atoms. The van der Waals surface area contributed by atoms with Gasteiger partial charge in [-0.05, 0) is 71.6 Å². The van der Waals surface area contributed by atoms with Crippen LogP contribution in [0.25, 0.3) is 23.3 Å². The Kier molecular flexibility index (Phi) is 6.44. The minimum Gasteiger partial charge on any atom is -0.206 e. The number of aliphatic imine (C=N–C) groups is 1. The summed E-state index contributed by atoms with van der Waals surface area (Å²) in [5.74, 6) is -0.205. The molecule has 0 aliphatic rings. The van der Waals surface area contributed by atoms with Gasteiger partial charge in [0.2, 0.25) is 0 Å². The van der Waals surface area contributed by atoms with E-state index in [0.29, 0.717) is 12.0 Å². The first-order valence-electron chi connectivity index (χ1n) is 8.97. The van der Waals surface area contributed by atoms with E-state index < -0.39 is 0 Å². The third kappa shape index (κ3) is 4.77. The molecule has 0 saturated heterocycles. The zero-order chi connectivity index (χ0) is 19.9. The van der Waals surface area contributed by atoms with E-state index >= 15 is 0 Å². The Labute approximate surface area is 170 Å². The van der Waals surface area contributed by atoms with Gasteiger partial charge in [0.05, 0.1) is 10.8 Å². The van der Waals surface area contributed by atoms with Gasteiger partial charge < -0.3 is 0 Å². The minimum atomic E-state index is -0.205. The highest BCUT2D eigenvalue weighted by atomic mass is 32.1. The first kappa shape index (κ1) is 19.6. The van der Waals surface area contributed by atoms with Crippen LogP contribution < -0.4 is 0 Å². The number of nitrogens with zero attached hydrogens (tertiary/aromatic N) is 1. The minimum absolute atomic E-state index is 0.205. The van der Waals surface area contributed by atoms with Crippen LogP contribution in [0.2, 0.25) is 0 Å². The Morgan fingerprint density at radius 2 is 1.64 bits per heavy atom. The summed E-state index contributed by atoms with van der Waals surface area (Å²) in [6.07, 6.45) is 6.20. The fourth-order valence-corrected chi connectivity index (χ4v) is 3.19. The van der Waals surface area contributed by atoms with Gasteiger partial charge in [0.25, 0.3) is 0 Å². The van der Waals surface area contributed by atoms with Gasteiger partial charge in [-0.2, -0.15) is 4.99 Å². The number of isothiocyanates is 1. The summed E-state index contributed by atoms with van der Waals surface area (Å²) in [4.78, 5) is 3.96. The third-order valence-corrected chi connectivity index (χ3v) is 4.54. The van der Waals surface area contributed by atoms with Crippen molar-refractivity contribution < 1.29 is 4.39 Å². The van der Waals surface area contributed by atoms with Crippen LogP contribution in [0.4, 0.5) is 10.1 Å². The molecule has 0 N–H and O–H groups in total. The van der Waals surface area contributed by atoms with Gasteiger partial charge in [-0.1, -0.05) is 60.7 Å². The molecule has 3 heteroatoms. The van der Waals surface area contributed by atoms with Crippen molar-refractivity contribution in [2.75, 3.05) is 0 Å². The molecule has 0 amide bonds. The molecule has 138 valence electrons. The monoisotopic (exact) mass is 385 g/mol. The van der Waals surface area contributed by atoms with E-state index in [2.05, 4.69) is 29.0 Å². The molecule has 3 aromatic rings. The Morgan fingerprint density at radius 3 is 2.25 bits per heavy atom. The predicted octanol–water partition coefficient (Wildman–Crippen LogP) is 7.43. The highest BCUT2D eigenvalue weighted by Gasteiger charge is 2.06. The van der Waals surface area contributed by atoms with Crippen LogP contribution in [-0.2, 0) is 6.42 Å². The Balaban J connectivity index is 1.83. The van der Waals surface area contributed by atoms with Crippen molar-refractivity contribution in [3.63, 3.8) is 0 Å². The summed E-state index contributed by atoms with van der Waals surface area (Å²) >= 11 is 4.62. The van der Waals surface area contributed by atoms with E-state index in [9.17, 15) is 4.39 Å². The van der Waals surface area contributed by atoms with E-state index in [1.165, 1.54) is 0 Å². The number of aryl methyl sites for hydroxylation is 1. The first-order valence-corrected chi connectivity index (χ1v) is 9.38. The molecule has 3 rings (SSSR count). The number of halogens is 1. The topological polar surface area (TPSA) is 12.4 Å². The maximum absolute atomic E-state index is 14.4. The first-order chi connectivity index (χ1) is 13.6. The van der Waals surface area contributed by atoms with E-state index in [-0.39, 0.29) is 5.82 Å². The molecule has 1 nitrogen and oxygen atoms in total. The van der Waals surface area contributed by atoms with Crippen LogP contribution in [-0.4, -0.2) is 5.16 Å². The van der Waals surface area contributed by atoms with Crippen molar-refractivity contribution in [2.45, 2.75) is 13.3 Å². The molecular formula is C25H20FNS. The summed E-state index contributed by atoms with van der Waals surface area (Å²) in [6, 6.07) is 19.5. The van der Waals surface area contributed by atoms with Crippen molar-refractivity contribution >= 4 is 35.2 Å². The van der Waals surface area contributed by atoms with E-state index in [1.807, 2.05) is 73.7 Å². The lowest BCUT2D eigenvalue weighted by molar-refractivity contribution is 0.622. The van der Waals surface area contributed by atoms with Gasteiger partial charge in [-0.3, -0.25) is 0 Å². The molecule has 0 atom stereocenters. The maximum atomic E-state index is 14.4. The highest BCUT2D eigenvalue weighted by molar-refractivity contribution is 7.78. The van der Waals surface area contributed by atoms with Gasteiger partial charge in [0.1, 0.15) is 5.82 Å². The van der Waals surface area contributed by atoms with Gasteiger partial charge in [0, 0.05) is 5.56 Å². The molecule has 3 aromatic carbocycles. The van der Waals surface area contributed by atoms with Gasteiger partial charge in [0.15, 0.2) is 0 Å². The zero-order valence-electron chi connectivity index (χ0n) is 15.7. The summed E-state index contributed by atoms with van der Waals surface area (Å²) in [7, 11) is 0. The Bertz CT molecular complexity index is 1060. The second kappa shape index (κ2) is 9.18. The lowest BCUT2D eigenvalue weighted by Gasteiger charge is -2.07. The van der Waals surface area contributed by atoms with Crippen LogP contribution in [0, 0.1) is 12.7 Å². The molecule has 0 aromatic heterocycles. The van der Waals surface area contributed by atoms with Crippen molar-refractivity contribution in [1.82, 2.24) is 0 Å². The second-order valence-electron chi connectivity index (χ2n) is 6.52. The number of hydrogen-bond acceptors (Lipinski definition) is 2. The van der Waals surface area contributed by atoms with Crippen LogP contribution in [0.5, 0.6) is 0 Å². The smallest absolute Gasteiger partial charge is 0.130 e. The highest BCUT2D eigenvalue weighted by Crippen LogP contribution is 2.24. The Morgan fingerprint density at radius 1 is 1.00 bits per heavy atom. The molecular weight excluding hydrogens is 365 g/mol. The van der Waals surface area contributed by atoms with Crippen molar-refractivity contribution in [1.29, 1.82) is 0 Å². The fourth-order valence-electron chi connectivity index (χ4n) is 3.08. The van der Waals surface area contributed by atoms with Crippen LogP contribution in [0.15, 0.2) is 78.3 Å². The number of rotatable bonds is 6. The zero-order valence-corrected chi connectivity index (χ0v) is 16.5. The van der Waals surface area contributed by atoms with E-state index in [0.717, 1.165) is 33.5 Å². The average Bonchev–Trinajstić information content (AvgIpc) is 2.69. The largest absolute Gasteiger partial charge is 0.206 e. The molecule has 0 aliphatic carbocycles. The fraction of sp³-hybridized carbons (Fsp3) is 0.0800. The summed E-state index contributed by atoms with van der Waals surface area (Å²) in [5, 5.41) is 2.37. The van der Waals surface area contributed by atoms with Gasteiger partial charge >= 0.3 is 0 Å². The second-order valence-corrected chi connectivity index (χ2v) is 6.70. The summed E-state index contributed by atoms with van der Waals surface area (Å²) in [5.41, 5.74) is 6.46. The average molecular weight is 386 g/mol. The molecule has 0 unspecified atom stereocenters. The third-order valence-electron chi connectivity index (χ3n) is 4.45. The van der Waals surface area contributed by atoms with Crippen LogP contribution in [0.1, 0.15) is 22.3 Å². The predicted molar refractivity (Wildman–Crippen MR) is 121 cm³/mol. The normalized spacial score (nSPS) is 10.6. The van der Waals surface area contributed by atoms with Gasteiger partial charge in [-0.25, -0.2) is 4.39 Å². The standard InChI is InChI=1S/C25H20FNS/c1-3-4-22-15-18(2)16-25(26)24(22)14-7-19-5-8-20(9-6-19)21-10-12-23(13-11-21)27-17-28/h3,5-16H,1,4H2,2H3. The molecule has 0 spiro atoms. The molecule has 28 heavy (non-hydrogen) atoms. The summed E-state index contributed by atoms with van der Waals surface area (Å²) in [6.45, 7) is 5.67. The van der Waals surface area contributed by atoms with Crippen molar-refractivity contribution in [3.8, 4) is 11.1 Å². The van der Waals surface area contributed by atoms with Gasteiger partial charge in [-0.15, -0.1) is 6.58 Å². The number of thiocarbonyl (C=S) groups is 1. The SMILES string of the molecule is C=CCc1cc(C)cc(F)c1C=Cc1ccc(-c2ccc(N=C=S)cc2)cc1. The Hall–Kier alpha value is -3.13. The number of allylic oxidation sites excluding steroid dienone is 1. The molecule has 0 aliphatic heterocycles. The van der Waals surface area contributed by atoms with Crippen molar-refractivity contribution in [3.05, 3.63) is 101 Å². The number of hydrogen-bond donors (Lipinski definition) is 0. The lowest BCUT2D eigenvalue weighted by Crippen LogP contribution is -1.93. The molecule has 0 heterocycles. The quantitative estimate of drug-likeness (QED) is 0.186. The molecule has 0 saturated carbocycles. The van der Waals surface area contributed by atoms with E-state index in [4.69, 9.17) is 0 Å². The number of benzene rings is 3. The van der Waals surface area contributed by atoms with E-state index in [1.54, 1.807) is 12.1 Å². The molecule has 0 fully saturated rings. The lowest BCUT2D eigenvalue weighted by atomic mass is 9.99. The van der Waals surface area contributed by atoms with Crippen molar-refractivity contribution in [2.24, 2.45) is 4.99 Å².